The van der Waals surface area contributed by atoms with Gasteiger partial charge in [-0.25, -0.2) is 4.79 Å². The third-order valence-electron chi connectivity index (χ3n) is 12.8. The first-order chi connectivity index (χ1) is 37.6. The first-order valence-corrected chi connectivity index (χ1v) is 29.9. The molecule has 1 saturated heterocycles. The Balaban J connectivity index is 2.73. The van der Waals surface area contributed by atoms with Crippen LogP contribution in [0.4, 0.5) is 0 Å². The molecule has 0 amide bonds. The summed E-state index contributed by atoms with van der Waals surface area (Å²) in [6, 6.07) is 0. The van der Waals surface area contributed by atoms with Gasteiger partial charge in [0, 0.05) is 19.3 Å². The average molecular weight is 1080 g/mol. The standard InChI is InChI=1S/C65H104O12/c1-4-7-10-13-16-19-22-25-27-29-31-34-36-39-42-45-48-51-57(66)73-54-56(75-58(67)52-49-46-43-40-38-35-32-30-28-26-23-20-17-14-11-8-5-2)55-74-65-63(61(70)60(69)62(77-65)64(71)72)76-59(68)53-50-47-44-41-37-33-24-21-18-15-12-9-6-3/h7-8,10-12,15-17,19-21,24-28,31,34,56,60-63,65,69-70H,4-6,9,13-14,18,22-23,29-30,32-33,35-55H2,1-3H3,(H,71,72)/b10-7-,11-8-,15-12-,19-16-,20-17-,24-21-,27-25-,28-26-,34-31-. The summed E-state index contributed by atoms with van der Waals surface area (Å²) < 4.78 is 28.4. The van der Waals surface area contributed by atoms with E-state index >= 15 is 0 Å². The minimum atomic E-state index is -1.92. The zero-order valence-electron chi connectivity index (χ0n) is 47.9. The molecule has 1 fully saturated rings. The monoisotopic (exact) mass is 1080 g/mol. The van der Waals surface area contributed by atoms with E-state index in [-0.39, 0.29) is 25.9 Å². The molecule has 0 bridgehead atoms. The van der Waals surface area contributed by atoms with Gasteiger partial charge in [-0.3, -0.25) is 14.4 Å². The third-order valence-corrected chi connectivity index (χ3v) is 12.8. The van der Waals surface area contributed by atoms with Gasteiger partial charge in [-0.1, -0.05) is 201 Å². The van der Waals surface area contributed by atoms with Gasteiger partial charge in [0.15, 0.2) is 24.6 Å². The second-order valence-electron chi connectivity index (χ2n) is 19.9. The van der Waals surface area contributed by atoms with Crippen LogP contribution in [-0.4, -0.2) is 89.2 Å². The van der Waals surface area contributed by atoms with E-state index < -0.39 is 67.3 Å². The molecule has 1 aliphatic rings. The number of aliphatic hydroxyl groups is 2. The molecule has 1 heterocycles. The highest BCUT2D eigenvalue weighted by atomic mass is 16.7. The minimum absolute atomic E-state index is 0.0353. The summed E-state index contributed by atoms with van der Waals surface area (Å²) in [6.45, 7) is 5.66. The van der Waals surface area contributed by atoms with Crippen LogP contribution < -0.4 is 0 Å². The maximum Gasteiger partial charge on any atom is 0.335 e. The fourth-order valence-corrected chi connectivity index (χ4v) is 8.29. The zero-order chi connectivity index (χ0) is 56.1. The van der Waals surface area contributed by atoms with Gasteiger partial charge in [-0.15, -0.1) is 0 Å². The summed E-state index contributed by atoms with van der Waals surface area (Å²) in [7, 11) is 0. The lowest BCUT2D eigenvalue weighted by atomic mass is 9.98. The van der Waals surface area contributed by atoms with Crippen molar-refractivity contribution >= 4 is 23.9 Å². The number of esters is 3. The Hall–Kier alpha value is -4.62. The average Bonchev–Trinajstić information content (AvgIpc) is 3.42. The number of allylic oxidation sites excluding steroid dienone is 18. The van der Waals surface area contributed by atoms with Crippen LogP contribution in [0.3, 0.4) is 0 Å². The second-order valence-corrected chi connectivity index (χ2v) is 19.9. The first kappa shape index (κ1) is 70.4. The summed E-state index contributed by atoms with van der Waals surface area (Å²) in [5.41, 5.74) is 0. The molecule has 1 rings (SSSR count). The Bertz CT molecular complexity index is 1750. The number of carboxylic acids is 1. The van der Waals surface area contributed by atoms with Crippen molar-refractivity contribution in [3.63, 3.8) is 0 Å². The van der Waals surface area contributed by atoms with Crippen LogP contribution >= 0.6 is 0 Å². The number of hydrogen-bond acceptors (Lipinski definition) is 11. The van der Waals surface area contributed by atoms with Gasteiger partial charge in [0.2, 0.25) is 0 Å². The normalized spacial score (nSPS) is 18.8. The van der Waals surface area contributed by atoms with E-state index in [1.54, 1.807) is 0 Å². The minimum Gasteiger partial charge on any atom is -0.479 e. The zero-order valence-corrected chi connectivity index (χ0v) is 47.9. The molecule has 0 aromatic rings. The predicted octanol–water partition coefficient (Wildman–Crippen LogP) is 15.4. The molecule has 6 unspecified atom stereocenters. The summed E-state index contributed by atoms with van der Waals surface area (Å²) in [5.74, 6) is -3.19. The highest BCUT2D eigenvalue weighted by Gasteiger charge is 2.50. The van der Waals surface area contributed by atoms with E-state index in [4.69, 9.17) is 23.7 Å². The molecule has 436 valence electrons. The van der Waals surface area contributed by atoms with Gasteiger partial charge >= 0.3 is 23.9 Å². The Morgan fingerprint density at radius 1 is 0.442 bits per heavy atom. The van der Waals surface area contributed by atoms with Crippen molar-refractivity contribution in [3.8, 4) is 0 Å². The van der Waals surface area contributed by atoms with Crippen molar-refractivity contribution in [2.45, 2.75) is 263 Å². The summed E-state index contributed by atoms with van der Waals surface area (Å²) in [4.78, 5) is 51.2. The highest BCUT2D eigenvalue weighted by molar-refractivity contribution is 5.74. The number of carboxylic acid groups (broad SMARTS) is 1. The topological polar surface area (TPSA) is 175 Å². The largest absolute Gasteiger partial charge is 0.479 e. The van der Waals surface area contributed by atoms with Crippen LogP contribution in [0.2, 0.25) is 0 Å². The van der Waals surface area contributed by atoms with Gasteiger partial charge < -0.3 is 39.0 Å². The van der Waals surface area contributed by atoms with Crippen molar-refractivity contribution in [1.29, 1.82) is 0 Å². The fourth-order valence-electron chi connectivity index (χ4n) is 8.29. The highest BCUT2D eigenvalue weighted by Crippen LogP contribution is 2.26. The van der Waals surface area contributed by atoms with E-state index in [0.29, 0.717) is 19.3 Å². The van der Waals surface area contributed by atoms with Crippen molar-refractivity contribution < 1.29 is 58.2 Å². The SMILES string of the molecule is CC/C=C\C/C=C\C/C=C\C/C=C\CCCCCCC(=O)OCC(COC1OC(C(=O)O)C(O)C(O)C1OC(=O)CCCCCCC/C=C\C/C=C\CCC)OC(=O)CCCCCCCCC/C=C\C/C=C\C/C=C\CC. The second kappa shape index (κ2) is 52.1. The van der Waals surface area contributed by atoms with Gasteiger partial charge in [-0.2, -0.15) is 0 Å². The van der Waals surface area contributed by atoms with Crippen LogP contribution in [0.1, 0.15) is 226 Å². The quantitative estimate of drug-likeness (QED) is 0.0228. The van der Waals surface area contributed by atoms with Gasteiger partial charge in [0.05, 0.1) is 6.61 Å². The molecule has 6 atom stereocenters. The molecule has 1 aliphatic heterocycles. The molecular formula is C65H104O12. The van der Waals surface area contributed by atoms with Crippen molar-refractivity contribution in [3.05, 3.63) is 109 Å². The first-order valence-electron chi connectivity index (χ1n) is 29.9. The Kier molecular flexibility index (Phi) is 47.6. The lowest BCUT2D eigenvalue weighted by Crippen LogP contribution is -2.61. The van der Waals surface area contributed by atoms with Crippen LogP contribution in [0.15, 0.2) is 109 Å². The van der Waals surface area contributed by atoms with Crippen LogP contribution in [-0.2, 0) is 42.9 Å². The molecule has 77 heavy (non-hydrogen) atoms. The molecule has 0 radical (unpaired) electrons. The Labute approximate surface area is 465 Å². The number of rotatable bonds is 49. The molecule has 0 aromatic carbocycles. The molecule has 12 heteroatoms. The van der Waals surface area contributed by atoms with E-state index in [1.807, 2.05) is 0 Å². The molecule has 12 nitrogen and oxygen atoms in total. The number of unbranched alkanes of at least 4 members (excludes halogenated alkanes) is 17. The predicted molar refractivity (Wildman–Crippen MR) is 312 cm³/mol. The number of hydrogen-bond donors (Lipinski definition) is 3. The fraction of sp³-hybridized carbons (Fsp3) is 0.662. The number of carbonyl (C=O) groups excluding carboxylic acids is 3. The van der Waals surface area contributed by atoms with Crippen molar-refractivity contribution in [1.82, 2.24) is 0 Å². The lowest BCUT2D eigenvalue weighted by Gasteiger charge is -2.40. The van der Waals surface area contributed by atoms with Gasteiger partial charge in [-0.05, 0) is 116 Å². The molecule has 0 aliphatic carbocycles. The smallest absolute Gasteiger partial charge is 0.335 e. The third kappa shape index (κ3) is 42.1. The Morgan fingerprint density at radius 3 is 1.25 bits per heavy atom. The summed E-state index contributed by atoms with van der Waals surface area (Å²) in [5, 5.41) is 31.5. The molecule has 0 saturated carbocycles. The van der Waals surface area contributed by atoms with E-state index in [1.165, 1.54) is 0 Å². The maximum absolute atomic E-state index is 13.2. The van der Waals surface area contributed by atoms with Crippen molar-refractivity contribution in [2.75, 3.05) is 13.2 Å². The molecular weight excluding hydrogens is 973 g/mol. The molecule has 0 spiro atoms. The number of carbonyl (C=O) groups is 4. The van der Waals surface area contributed by atoms with E-state index in [2.05, 4.69) is 130 Å². The maximum atomic E-state index is 13.2. The van der Waals surface area contributed by atoms with Crippen LogP contribution in [0.25, 0.3) is 0 Å². The summed E-state index contributed by atoms with van der Waals surface area (Å²) >= 11 is 0. The molecule has 3 N–H and O–H groups in total. The van der Waals surface area contributed by atoms with Gasteiger partial charge in [0.25, 0.3) is 0 Å². The number of ether oxygens (including phenoxy) is 5. The molecule has 0 aromatic heterocycles. The van der Waals surface area contributed by atoms with Gasteiger partial charge in [0.1, 0.15) is 18.8 Å². The number of aliphatic hydroxyl groups excluding tert-OH is 2. The summed E-state index contributed by atoms with van der Waals surface area (Å²) in [6.07, 6.45) is 57.7. The van der Waals surface area contributed by atoms with Crippen LogP contribution in [0, 0.1) is 0 Å². The Morgan fingerprint density at radius 2 is 0.818 bits per heavy atom. The van der Waals surface area contributed by atoms with Crippen molar-refractivity contribution in [2.24, 2.45) is 0 Å². The van der Waals surface area contributed by atoms with E-state index in [9.17, 15) is 34.5 Å². The van der Waals surface area contributed by atoms with Crippen LogP contribution in [0.5, 0.6) is 0 Å². The number of aliphatic carboxylic acids is 1. The van der Waals surface area contributed by atoms with E-state index in [0.717, 1.165) is 167 Å². The lowest BCUT2D eigenvalue weighted by molar-refractivity contribution is -0.301.